The second-order valence-corrected chi connectivity index (χ2v) is 6.50. The quantitative estimate of drug-likeness (QED) is 0.369. The zero-order valence-corrected chi connectivity index (χ0v) is 18.3. The molecule has 0 atom stereocenters. The average molecular weight is 488 g/mol. The van der Waals surface area contributed by atoms with Crippen molar-refractivity contribution >= 4 is 53.1 Å². The maximum absolute atomic E-state index is 11.2. The highest BCUT2D eigenvalue weighted by Crippen LogP contribution is 2.11. The zero-order chi connectivity index (χ0) is 18.1. The number of halogens is 1. The smallest absolute Gasteiger partial charge is 0.411 e. The van der Waals surface area contributed by atoms with Gasteiger partial charge in [-0.3, -0.25) is 10.3 Å². The van der Waals surface area contributed by atoms with Crippen LogP contribution >= 0.6 is 35.3 Å². The normalized spacial score (nSPS) is 10.7. The van der Waals surface area contributed by atoms with Gasteiger partial charge in [-0.15, -0.1) is 35.3 Å². The summed E-state index contributed by atoms with van der Waals surface area (Å²) in [7, 11) is 5.16. The summed E-state index contributed by atoms with van der Waals surface area (Å²) >= 11 is 1.78. The second-order valence-electron chi connectivity index (χ2n) is 5.47. The zero-order valence-electron chi connectivity index (χ0n) is 15.2. The Labute approximate surface area is 175 Å². The number of benzene rings is 1. The fourth-order valence-corrected chi connectivity index (χ4v) is 2.98. The topological polar surface area (TPSA) is 66.0 Å². The molecule has 1 aromatic heterocycles. The van der Waals surface area contributed by atoms with E-state index in [1.165, 1.54) is 12.0 Å². The summed E-state index contributed by atoms with van der Waals surface area (Å²) in [5, 5.41) is 8.08. The van der Waals surface area contributed by atoms with Gasteiger partial charge in [0.25, 0.3) is 0 Å². The minimum absolute atomic E-state index is 0. The molecule has 0 fully saturated rings. The number of hydrogen-bond acceptors (Lipinski definition) is 4. The first-order chi connectivity index (χ1) is 12.1. The number of rotatable bonds is 6. The van der Waals surface area contributed by atoms with Gasteiger partial charge in [-0.2, -0.15) is 0 Å². The Morgan fingerprint density at radius 3 is 2.58 bits per heavy atom. The van der Waals surface area contributed by atoms with E-state index in [0.717, 1.165) is 24.5 Å². The Kier molecular flexibility index (Phi) is 10.0. The molecule has 1 heterocycles. The predicted molar refractivity (Wildman–Crippen MR) is 119 cm³/mol. The van der Waals surface area contributed by atoms with Crippen LogP contribution in [0.5, 0.6) is 0 Å². The van der Waals surface area contributed by atoms with Crippen molar-refractivity contribution in [2.75, 3.05) is 33.1 Å². The Morgan fingerprint density at radius 2 is 2.00 bits per heavy atom. The van der Waals surface area contributed by atoms with E-state index in [1.54, 1.807) is 18.4 Å². The molecule has 0 aliphatic heterocycles. The number of carbonyl (C=O) groups is 1. The van der Waals surface area contributed by atoms with Gasteiger partial charge in [-0.25, -0.2) is 4.79 Å². The number of ether oxygens (including phenoxy) is 1. The van der Waals surface area contributed by atoms with E-state index < -0.39 is 6.09 Å². The molecule has 0 bridgehead atoms. The first-order valence-electron chi connectivity index (χ1n) is 8.00. The van der Waals surface area contributed by atoms with Gasteiger partial charge in [0, 0.05) is 37.7 Å². The number of guanidine groups is 1. The van der Waals surface area contributed by atoms with Crippen LogP contribution in [0.2, 0.25) is 0 Å². The standard InChI is InChI=1S/C18H24N4O2S.HI/c1-19-17(22(2)11-10-16-5-4-12-25-16)20-13-14-6-8-15(9-7-14)21-18(23)24-3;/h4-9,12H,10-11,13H2,1-3H3,(H,19,20)(H,21,23);1H. The Balaban J connectivity index is 0.00000338. The summed E-state index contributed by atoms with van der Waals surface area (Å²) in [6, 6.07) is 11.8. The number of likely N-dealkylation sites (N-methyl/N-ethyl adjacent to an activating group) is 1. The molecule has 142 valence electrons. The molecule has 0 unspecified atom stereocenters. The van der Waals surface area contributed by atoms with Crippen LogP contribution in [0, 0.1) is 0 Å². The molecule has 2 rings (SSSR count). The molecule has 2 aromatic rings. The third-order valence-electron chi connectivity index (χ3n) is 3.68. The van der Waals surface area contributed by atoms with Crippen molar-refractivity contribution in [2.24, 2.45) is 4.99 Å². The molecule has 0 saturated carbocycles. The molecular formula is C18H25IN4O2S. The number of methoxy groups -OCH3 is 1. The number of carbonyl (C=O) groups excluding carboxylic acids is 1. The summed E-state index contributed by atoms with van der Waals surface area (Å²) in [5.74, 6) is 0.855. The van der Waals surface area contributed by atoms with Crippen LogP contribution in [-0.2, 0) is 17.7 Å². The first kappa shape index (κ1) is 22.2. The lowest BCUT2D eigenvalue weighted by atomic mass is 10.2. The predicted octanol–water partition coefficient (Wildman–Crippen LogP) is 3.79. The molecule has 0 radical (unpaired) electrons. The Hall–Kier alpha value is -1.81. The van der Waals surface area contributed by atoms with Crippen LogP contribution in [0.4, 0.5) is 10.5 Å². The van der Waals surface area contributed by atoms with Gasteiger partial charge >= 0.3 is 6.09 Å². The van der Waals surface area contributed by atoms with Gasteiger partial charge in [0.2, 0.25) is 0 Å². The van der Waals surface area contributed by atoms with E-state index in [0.29, 0.717) is 12.2 Å². The van der Waals surface area contributed by atoms with Crippen molar-refractivity contribution in [1.82, 2.24) is 10.2 Å². The molecule has 1 aromatic carbocycles. The summed E-state index contributed by atoms with van der Waals surface area (Å²) in [5.41, 5.74) is 1.80. The molecular weight excluding hydrogens is 463 g/mol. The number of hydrogen-bond donors (Lipinski definition) is 2. The lowest BCUT2D eigenvalue weighted by Crippen LogP contribution is -2.39. The van der Waals surface area contributed by atoms with Crippen molar-refractivity contribution < 1.29 is 9.53 Å². The minimum Gasteiger partial charge on any atom is -0.453 e. The van der Waals surface area contributed by atoms with Crippen molar-refractivity contribution in [1.29, 1.82) is 0 Å². The molecule has 2 N–H and O–H groups in total. The fraction of sp³-hybridized carbons (Fsp3) is 0.333. The van der Waals surface area contributed by atoms with Crippen molar-refractivity contribution in [2.45, 2.75) is 13.0 Å². The SMILES string of the molecule is CN=C(NCc1ccc(NC(=O)OC)cc1)N(C)CCc1cccs1.I. The van der Waals surface area contributed by atoms with Crippen LogP contribution < -0.4 is 10.6 Å². The van der Waals surface area contributed by atoms with Crippen LogP contribution in [0.15, 0.2) is 46.8 Å². The minimum atomic E-state index is -0.473. The van der Waals surface area contributed by atoms with Gasteiger partial charge < -0.3 is 15.0 Å². The second kappa shape index (κ2) is 11.7. The van der Waals surface area contributed by atoms with Crippen molar-refractivity contribution in [3.63, 3.8) is 0 Å². The maximum Gasteiger partial charge on any atom is 0.411 e. The first-order valence-corrected chi connectivity index (χ1v) is 8.88. The van der Waals surface area contributed by atoms with Crippen LogP contribution in [0.3, 0.4) is 0 Å². The van der Waals surface area contributed by atoms with E-state index >= 15 is 0 Å². The van der Waals surface area contributed by atoms with Crippen molar-refractivity contribution in [3.8, 4) is 0 Å². The van der Waals surface area contributed by atoms with Gasteiger partial charge in [0.1, 0.15) is 0 Å². The maximum atomic E-state index is 11.2. The average Bonchev–Trinajstić information content (AvgIpc) is 3.15. The Morgan fingerprint density at radius 1 is 1.27 bits per heavy atom. The van der Waals surface area contributed by atoms with E-state index in [-0.39, 0.29) is 24.0 Å². The molecule has 1 amide bonds. The monoisotopic (exact) mass is 488 g/mol. The van der Waals surface area contributed by atoms with Crippen LogP contribution in [0.25, 0.3) is 0 Å². The van der Waals surface area contributed by atoms with Gasteiger partial charge in [-0.1, -0.05) is 18.2 Å². The van der Waals surface area contributed by atoms with Gasteiger partial charge in [-0.05, 0) is 35.6 Å². The summed E-state index contributed by atoms with van der Waals surface area (Å²) in [4.78, 5) is 19.0. The number of nitrogens with zero attached hydrogens (tertiary/aromatic N) is 2. The Bertz CT molecular complexity index is 690. The molecule has 0 spiro atoms. The summed E-state index contributed by atoms with van der Waals surface area (Å²) in [6.45, 7) is 1.57. The van der Waals surface area contributed by atoms with E-state index in [4.69, 9.17) is 0 Å². The number of aliphatic imine (C=N–C) groups is 1. The molecule has 8 heteroatoms. The van der Waals surface area contributed by atoms with Crippen LogP contribution in [-0.4, -0.2) is 44.7 Å². The lowest BCUT2D eigenvalue weighted by molar-refractivity contribution is 0.187. The number of anilines is 1. The molecule has 0 aliphatic carbocycles. The third kappa shape index (κ3) is 7.20. The molecule has 26 heavy (non-hydrogen) atoms. The van der Waals surface area contributed by atoms with E-state index in [2.05, 4.69) is 42.8 Å². The summed E-state index contributed by atoms with van der Waals surface area (Å²) in [6.07, 6.45) is 0.529. The van der Waals surface area contributed by atoms with Crippen molar-refractivity contribution in [3.05, 3.63) is 52.2 Å². The molecule has 6 nitrogen and oxygen atoms in total. The van der Waals surface area contributed by atoms with Gasteiger partial charge in [0.15, 0.2) is 5.96 Å². The van der Waals surface area contributed by atoms with Crippen LogP contribution in [0.1, 0.15) is 10.4 Å². The molecule has 0 aliphatic rings. The highest BCUT2D eigenvalue weighted by molar-refractivity contribution is 14.0. The number of amides is 1. The highest BCUT2D eigenvalue weighted by atomic mass is 127. The van der Waals surface area contributed by atoms with E-state index in [9.17, 15) is 4.79 Å². The molecule has 0 saturated heterocycles. The third-order valence-corrected chi connectivity index (χ3v) is 4.62. The highest BCUT2D eigenvalue weighted by Gasteiger charge is 2.07. The fourth-order valence-electron chi connectivity index (χ4n) is 2.28. The summed E-state index contributed by atoms with van der Waals surface area (Å²) < 4.78 is 4.57. The number of nitrogens with one attached hydrogen (secondary N) is 2. The number of thiophene rings is 1. The van der Waals surface area contributed by atoms with Gasteiger partial charge in [0.05, 0.1) is 7.11 Å². The van der Waals surface area contributed by atoms with E-state index in [1.807, 2.05) is 31.3 Å². The largest absolute Gasteiger partial charge is 0.453 e. The lowest BCUT2D eigenvalue weighted by Gasteiger charge is -2.22.